The number of ether oxygens (including phenoxy) is 1. The predicted octanol–water partition coefficient (Wildman–Crippen LogP) is 1.57. The molecule has 2 unspecified atom stereocenters. The number of aromatic nitrogens is 3. The van der Waals surface area contributed by atoms with E-state index in [1.165, 1.54) is 16.4 Å². The van der Waals surface area contributed by atoms with E-state index in [9.17, 15) is 13.2 Å². The highest BCUT2D eigenvalue weighted by atomic mass is 32.2. The summed E-state index contributed by atoms with van der Waals surface area (Å²) in [5.41, 5.74) is 0.700. The first-order valence-electron chi connectivity index (χ1n) is 9.75. The van der Waals surface area contributed by atoms with Crippen molar-refractivity contribution in [1.29, 1.82) is 0 Å². The van der Waals surface area contributed by atoms with Crippen LogP contribution in [0.5, 0.6) is 5.75 Å². The van der Waals surface area contributed by atoms with Crippen molar-refractivity contribution >= 4 is 27.5 Å². The van der Waals surface area contributed by atoms with Crippen molar-refractivity contribution < 1.29 is 17.9 Å². The third kappa shape index (κ3) is 4.72. The van der Waals surface area contributed by atoms with Crippen LogP contribution in [0, 0.1) is 0 Å². The number of sulfone groups is 1. The van der Waals surface area contributed by atoms with Gasteiger partial charge in [0.25, 0.3) is 0 Å². The summed E-state index contributed by atoms with van der Waals surface area (Å²) < 4.78 is 30.5. The summed E-state index contributed by atoms with van der Waals surface area (Å²) in [5.74, 6) is 7.36. The number of benzene rings is 1. The molecule has 2 N–H and O–H groups in total. The average molecular weight is 454 g/mol. The van der Waals surface area contributed by atoms with Crippen molar-refractivity contribution in [2.24, 2.45) is 0 Å². The highest BCUT2D eigenvalue weighted by Gasteiger charge is 2.36. The number of nitrogens with zero attached hydrogens (tertiary/aromatic N) is 4. The van der Waals surface area contributed by atoms with Gasteiger partial charge in [-0.2, -0.15) is 0 Å². The molecule has 1 saturated heterocycles. The Morgan fingerprint density at radius 1 is 1.40 bits per heavy atom. The molecule has 0 aliphatic carbocycles. The van der Waals surface area contributed by atoms with E-state index in [0.717, 1.165) is 6.42 Å². The van der Waals surface area contributed by atoms with Gasteiger partial charge < -0.3 is 15.5 Å². The van der Waals surface area contributed by atoms with Gasteiger partial charge in [-0.1, -0.05) is 30.8 Å². The molecule has 164 valence electrons. The van der Waals surface area contributed by atoms with Gasteiger partial charge in [-0.3, -0.25) is 4.79 Å². The maximum absolute atomic E-state index is 13.0. The largest absolute Gasteiger partial charge is 0.496 e. The van der Waals surface area contributed by atoms with Gasteiger partial charge in [0.15, 0.2) is 15.7 Å². The van der Waals surface area contributed by atoms with Gasteiger partial charge in [-0.15, -0.1) is 10.2 Å². The molecular weight excluding hydrogens is 426 g/mol. The minimum absolute atomic E-state index is 0.0266. The van der Waals surface area contributed by atoms with E-state index < -0.39 is 9.84 Å². The first-order chi connectivity index (χ1) is 14.3. The summed E-state index contributed by atoms with van der Waals surface area (Å²) in [6.45, 7) is 3.93. The molecule has 1 amide bonds. The standard InChI is InChI=1S/C19H27N5O4S2/c1-4-13(2)23(14-9-10-30(26,27)12-14)17(25)11-29-19-22-21-18(24(19)20)15-7-5-6-8-16(15)28-3/h5-8,13-14H,4,9-12,20H2,1-3H3. The van der Waals surface area contributed by atoms with E-state index in [4.69, 9.17) is 10.6 Å². The average Bonchev–Trinajstić information content (AvgIpc) is 3.27. The molecule has 1 fully saturated rings. The summed E-state index contributed by atoms with van der Waals surface area (Å²) >= 11 is 1.18. The Hall–Kier alpha value is -2.27. The van der Waals surface area contributed by atoms with Gasteiger partial charge in [0.05, 0.1) is 29.9 Å². The molecule has 0 radical (unpaired) electrons. The molecular formula is C19H27N5O4S2. The zero-order valence-corrected chi connectivity index (χ0v) is 18.9. The number of hydrogen-bond donors (Lipinski definition) is 1. The molecule has 3 rings (SSSR count). The molecule has 2 atom stereocenters. The van der Waals surface area contributed by atoms with Crippen LogP contribution in [0.3, 0.4) is 0 Å². The lowest BCUT2D eigenvalue weighted by atomic mass is 10.1. The van der Waals surface area contributed by atoms with E-state index in [2.05, 4.69) is 10.2 Å². The Bertz CT molecular complexity index is 1010. The quantitative estimate of drug-likeness (QED) is 0.472. The fourth-order valence-electron chi connectivity index (χ4n) is 3.59. The first-order valence-corrected chi connectivity index (χ1v) is 12.6. The molecule has 1 aliphatic rings. The lowest BCUT2D eigenvalue weighted by Gasteiger charge is -2.33. The molecule has 1 aliphatic heterocycles. The minimum atomic E-state index is -3.08. The van der Waals surface area contributed by atoms with Crippen LogP contribution in [-0.2, 0) is 14.6 Å². The third-order valence-corrected chi connectivity index (χ3v) is 7.97. The van der Waals surface area contributed by atoms with Crippen LogP contribution in [0.2, 0.25) is 0 Å². The molecule has 2 aromatic rings. The number of thioether (sulfide) groups is 1. The Morgan fingerprint density at radius 2 is 2.13 bits per heavy atom. The van der Waals surface area contributed by atoms with Crippen molar-refractivity contribution in [3.63, 3.8) is 0 Å². The van der Waals surface area contributed by atoms with Gasteiger partial charge in [0.1, 0.15) is 5.75 Å². The molecule has 9 nitrogen and oxygen atoms in total. The Kier molecular flexibility index (Phi) is 6.91. The maximum Gasteiger partial charge on any atom is 0.233 e. The molecule has 0 spiro atoms. The van der Waals surface area contributed by atoms with Crippen LogP contribution >= 0.6 is 11.8 Å². The van der Waals surface area contributed by atoms with Crippen molar-refractivity contribution in [1.82, 2.24) is 19.8 Å². The molecule has 1 aromatic carbocycles. The number of carbonyl (C=O) groups excluding carboxylic acids is 1. The van der Waals surface area contributed by atoms with E-state index in [1.807, 2.05) is 32.0 Å². The first kappa shape index (κ1) is 22.4. The second-order valence-electron chi connectivity index (χ2n) is 7.28. The zero-order chi connectivity index (χ0) is 21.9. The van der Waals surface area contributed by atoms with Crippen molar-refractivity contribution in [2.75, 3.05) is 30.2 Å². The van der Waals surface area contributed by atoms with Gasteiger partial charge in [-0.05, 0) is 31.9 Å². The number of nitrogens with two attached hydrogens (primary N) is 1. The van der Waals surface area contributed by atoms with E-state index in [0.29, 0.717) is 28.7 Å². The van der Waals surface area contributed by atoms with Crippen LogP contribution in [0.25, 0.3) is 11.4 Å². The summed E-state index contributed by atoms with van der Waals surface area (Å²) in [6.07, 6.45) is 1.23. The fourth-order valence-corrected chi connectivity index (χ4v) is 6.03. The number of hydrogen-bond acceptors (Lipinski definition) is 8. The van der Waals surface area contributed by atoms with Gasteiger partial charge in [-0.25, -0.2) is 13.1 Å². The van der Waals surface area contributed by atoms with E-state index >= 15 is 0 Å². The van der Waals surface area contributed by atoms with Gasteiger partial charge in [0, 0.05) is 12.1 Å². The second kappa shape index (κ2) is 9.25. The topological polar surface area (TPSA) is 120 Å². The molecule has 2 heterocycles. The van der Waals surface area contributed by atoms with Crippen LogP contribution in [0.4, 0.5) is 0 Å². The van der Waals surface area contributed by atoms with Crippen molar-refractivity contribution in [3.8, 4) is 17.1 Å². The number of methoxy groups -OCH3 is 1. The van der Waals surface area contributed by atoms with Crippen LogP contribution in [-0.4, -0.2) is 70.6 Å². The number of amides is 1. The van der Waals surface area contributed by atoms with Crippen LogP contribution in [0.1, 0.15) is 26.7 Å². The third-order valence-electron chi connectivity index (χ3n) is 5.29. The van der Waals surface area contributed by atoms with Gasteiger partial charge in [0.2, 0.25) is 11.1 Å². The summed E-state index contributed by atoms with van der Waals surface area (Å²) in [7, 11) is -1.52. The van der Waals surface area contributed by atoms with Crippen LogP contribution in [0.15, 0.2) is 29.4 Å². The van der Waals surface area contributed by atoms with E-state index in [1.54, 1.807) is 18.1 Å². The fraction of sp³-hybridized carbons (Fsp3) is 0.526. The SMILES string of the molecule is CCC(C)N(C(=O)CSc1nnc(-c2ccccc2OC)n1N)C1CCS(=O)(=O)C1. The molecule has 30 heavy (non-hydrogen) atoms. The number of nitrogen functional groups attached to an aromatic ring is 1. The Morgan fingerprint density at radius 3 is 2.77 bits per heavy atom. The molecule has 0 bridgehead atoms. The summed E-state index contributed by atoms with van der Waals surface area (Å²) in [4.78, 5) is 14.7. The Balaban J connectivity index is 1.74. The van der Waals surface area contributed by atoms with Crippen LogP contribution < -0.4 is 10.6 Å². The number of rotatable bonds is 8. The van der Waals surface area contributed by atoms with Crippen molar-refractivity contribution in [2.45, 2.75) is 43.9 Å². The van der Waals surface area contributed by atoms with Gasteiger partial charge >= 0.3 is 0 Å². The summed E-state index contributed by atoms with van der Waals surface area (Å²) in [5, 5.41) is 8.66. The van der Waals surface area contributed by atoms with E-state index in [-0.39, 0.29) is 35.2 Å². The highest BCUT2D eigenvalue weighted by Crippen LogP contribution is 2.30. The maximum atomic E-state index is 13.0. The molecule has 11 heteroatoms. The monoisotopic (exact) mass is 453 g/mol. The summed E-state index contributed by atoms with van der Waals surface area (Å²) in [6, 6.07) is 7.01. The number of carbonyl (C=O) groups is 1. The molecule has 0 saturated carbocycles. The minimum Gasteiger partial charge on any atom is -0.496 e. The highest BCUT2D eigenvalue weighted by molar-refractivity contribution is 7.99. The molecule has 1 aromatic heterocycles. The normalized spacial score (nSPS) is 18.8. The lowest BCUT2D eigenvalue weighted by Crippen LogP contribution is -2.47. The Labute approximate surface area is 180 Å². The number of para-hydroxylation sites is 1. The smallest absolute Gasteiger partial charge is 0.233 e. The lowest BCUT2D eigenvalue weighted by molar-refractivity contribution is -0.132. The second-order valence-corrected chi connectivity index (χ2v) is 10.5. The zero-order valence-electron chi connectivity index (χ0n) is 17.3. The predicted molar refractivity (Wildman–Crippen MR) is 117 cm³/mol. The van der Waals surface area contributed by atoms with Crippen molar-refractivity contribution in [3.05, 3.63) is 24.3 Å².